The third kappa shape index (κ3) is 3.20. The maximum absolute atomic E-state index is 13.3. The monoisotopic (exact) mass is 251 g/mol. The standard InChI is InChI=1S/C13H18FN3O/c1-9(18)16-11-4-5-17(8-11)7-10-2-3-13(15)12(14)6-10/h2-3,6,11H,4-5,7-8,15H2,1H3,(H,16,18). The highest BCUT2D eigenvalue weighted by molar-refractivity contribution is 5.73. The van der Waals surface area contributed by atoms with Gasteiger partial charge < -0.3 is 11.1 Å². The first kappa shape index (κ1) is 12.8. The topological polar surface area (TPSA) is 58.4 Å². The molecule has 1 heterocycles. The smallest absolute Gasteiger partial charge is 0.217 e. The second-order valence-electron chi connectivity index (χ2n) is 4.78. The molecule has 0 aliphatic carbocycles. The lowest BCUT2D eigenvalue weighted by atomic mass is 10.2. The first-order valence-electron chi connectivity index (χ1n) is 6.08. The van der Waals surface area contributed by atoms with Crippen LogP contribution in [0.5, 0.6) is 0 Å². The van der Waals surface area contributed by atoms with E-state index in [1.54, 1.807) is 6.07 Å². The Morgan fingerprint density at radius 3 is 3.06 bits per heavy atom. The van der Waals surface area contributed by atoms with E-state index in [0.717, 1.165) is 25.1 Å². The van der Waals surface area contributed by atoms with E-state index in [0.29, 0.717) is 6.54 Å². The van der Waals surface area contributed by atoms with E-state index in [9.17, 15) is 9.18 Å². The van der Waals surface area contributed by atoms with Crippen molar-refractivity contribution in [3.8, 4) is 0 Å². The molecule has 1 atom stereocenters. The van der Waals surface area contributed by atoms with Crippen molar-refractivity contribution in [2.75, 3.05) is 18.8 Å². The summed E-state index contributed by atoms with van der Waals surface area (Å²) in [4.78, 5) is 13.2. The first-order valence-corrected chi connectivity index (χ1v) is 6.08. The molecule has 5 heteroatoms. The largest absolute Gasteiger partial charge is 0.396 e. The van der Waals surface area contributed by atoms with Gasteiger partial charge in [0.1, 0.15) is 5.82 Å². The number of amides is 1. The lowest BCUT2D eigenvalue weighted by Gasteiger charge is -2.16. The Balaban J connectivity index is 1.91. The van der Waals surface area contributed by atoms with Gasteiger partial charge >= 0.3 is 0 Å². The number of nitrogens with one attached hydrogen (secondary N) is 1. The van der Waals surface area contributed by atoms with Gasteiger partial charge in [0.15, 0.2) is 0 Å². The molecule has 1 amide bonds. The predicted octanol–water partition coefficient (Wildman–Crippen LogP) is 1.12. The molecule has 0 bridgehead atoms. The summed E-state index contributed by atoms with van der Waals surface area (Å²) >= 11 is 0. The Bertz CT molecular complexity index is 450. The van der Waals surface area contributed by atoms with Gasteiger partial charge in [-0.3, -0.25) is 9.69 Å². The minimum Gasteiger partial charge on any atom is -0.396 e. The van der Waals surface area contributed by atoms with Gasteiger partial charge in [-0.1, -0.05) is 6.07 Å². The second kappa shape index (κ2) is 5.35. The molecule has 18 heavy (non-hydrogen) atoms. The van der Waals surface area contributed by atoms with Crippen LogP contribution in [0, 0.1) is 5.82 Å². The highest BCUT2D eigenvalue weighted by Crippen LogP contribution is 2.17. The number of carbonyl (C=O) groups excluding carboxylic acids is 1. The summed E-state index contributed by atoms with van der Waals surface area (Å²) in [5, 5.41) is 2.90. The van der Waals surface area contributed by atoms with Crippen molar-refractivity contribution in [3.05, 3.63) is 29.6 Å². The average Bonchev–Trinajstić information content (AvgIpc) is 2.70. The quantitative estimate of drug-likeness (QED) is 0.791. The minimum atomic E-state index is -0.370. The summed E-state index contributed by atoms with van der Waals surface area (Å²) in [6.07, 6.45) is 0.942. The molecule has 98 valence electrons. The van der Waals surface area contributed by atoms with Crippen molar-refractivity contribution in [2.24, 2.45) is 0 Å². The molecule has 2 rings (SSSR count). The molecule has 1 aliphatic heterocycles. The fraction of sp³-hybridized carbons (Fsp3) is 0.462. The van der Waals surface area contributed by atoms with Gasteiger partial charge in [0, 0.05) is 32.6 Å². The molecule has 1 aliphatic rings. The van der Waals surface area contributed by atoms with Gasteiger partial charge in [-0.25, -0.2) is 4.39 Å². The Morgan fingerprint density at radius 2 is 2.39 bits per heavy atom. The van der Waals surface area contributed by atoms with E-state index in [-0.39, 0.29) is 23.5 Å². The first-order chi connectivity index (χ1) is 8.54. The normalized spacial score (nSPS) is 20.0. The highest BCUT2D eigenvalue weighted by atomic mass is 19.1. The molecular formula is C13H18FN3O. The number of nitrogens with two attached hydrogens (primary N) is 1. The molecule has 3 N–H and O–H groups in total. The van der Waals surface area contributed by atoms with Crippen molar-refractivity contribution in [3.63, 3.8) is 0 Å². The van der Waals surface area contributed by atoms with Crippen LogP contribution in [-0.2, 0) is 11.3 Å². The van der Waals surface area contributed by atoms with Gasteiger partial charge in [0.05, 0.1) is 5.69 Å². The number of halogens is 1. The Morgan fingerprint density at radius 1 is 1.61 bits per heavy atom. The van der Waals surface area contributed by atoms with Gasteiger partial charge in [-0.15, -0.1) is 0 Å². The number of benzene rings is 1. The number of carbonyl (C=O) groups is 1. The van der Waals surface area contributed by atoms with E-state index < -0.39 is 0 Å². The van der Waals surface area contributed by atoms with Crippen molar-refractivity contribution in [2.45, 2.75) is 25.9 Å². The zero-order valence-electron chi connectivity index (χ0n) is 10.4. The van der Waals surface area contributed by atoms with Crippen LogP contribution in [0.2, 0.25) is 0 Å². The Kier molecular flexibility index (Phi) is 3.81. The van der Waals surface area contributed by atoms with Crippen LogP contribution in [0.4, 0.5) is 10.1 Å². The molecule has 1 aromatic carbocycles. The van der Waals surface area contributed by atoms with Crippen LogP contribution in [0.15, 0.2) is 18.2 Å². The molecular weight excluding hydrogens is 233 g/mol. The van der Waals surface area contributed by atoms with Crippen LogP contribution in [0.3, 0.4) is 0 Å². The van der Waals surface area contributed by atoms with Crippen LogP contribution in [-0.4, -0.2) is 29.9 Å². The van der Waals surface area contributed by atoms with E-state index >= 15 is 0 Å². The lowest BCUT2D eigenvalue weighted by molar-refractivity contribution is -0.119. The summed E-state index contributed by atoms with van der Waals surface area (Å²) in [5.74, 6) is -0.370. The van der Waals surface area contributed by atoms with Crippen LogP contribution >= 0.6 is 0 Å². The number of nitrogens with zero attached hydrogens (tertiary/aromatic N) is 1. The molecule has 1 unspecified atom stereocenters. The fourth-order valence-corrected chi connectivity index (χ4v) is 2.31. The molecule has 0 radical (unpaired) electrons. The molecule has 0 spiro atoms. The van der Waals surface area contributed by atoms with Crippen LogP contribution in [0.25, 0.3) is 0 Å². The van der Waals surface area contributed by atoms with Crippen molar-refractivity contribution < 1.29 is 9.18 Å². The predicted molar refractivity (Wildman–Crippen MR) is 68.3 cm³/mol. The third-order valence-corrected chi connectivity index (χ3v) is 3.15. The molecule has 0 aromatic heterocycles. The van der Waals surface area contributed by atoms with E-state index in [2.05, 4.69) is 10.2 Å². The summed E-state index contributed by atoms with van der Waals surface area (Å²) in [5.41, 5.74) is 6.52. The fourth-order valence-electron chi connectivity index (χ4n) is 2.31. The number of nitrogen functional groups attached to an aromatic ring is 1. The van der Waals surface area contributed by atoms with Gasteiger partial charge in [0.25, 0.3) is 0 Å². The lowest BCUT2D eigenvalue weighted by Crippen LogP contribution is -2.35. The maximum atomic E-state index is 13.3. The highest BCUT2D eigenvalue weighted by Gasteiger charge is 2.22. The summed E-state index contributed by atoms with van der Waals surface area (Å²) in [6, 6.07) is 5.11. The molecule has 1 fully saturated rings. The number of hydrogen-bond donors (Lipinski definition) is 2. The molecule has 4 nitrogen and oxygen atoms in total. The zero-order chi connectivity index (χ0) is 13.1. The van der Waals surface area contributed by atoms with Crippen molar-refractivity contribution >= 4 is 11.6 Å². The number of rotatable bonds is 3. The van der Waals surface area contributed by atoms with Gasteiger partial charge in [-0.2, -0.15) is 0 Å². The summed E-state index contributed by atoms with van der Waals surface area (Å²) in [6.45, 7) is 3.94. The van der Waals surface area contributed by atoms with E-state index in [4.69, 9.17) is 5.73 Å². The second-order valence-corrected chi connectivity index (χ2v) is 4.78. The summed E-state index contributed by atoms with van der Waals surface area (Å²) < 4.78 is 13.3. The van der Waals surface area contributed by atoms with Crippen LogP contribution in [0.1, 0.15) is 18.9 Å². The number of likely N-dealkylation sites (tertiary alicyclic amines) is 1. The Labute approximate surface area is 106 Å². The maximum Gasteiger partial charge on any atom is 0.217 e. The minimum absolute atomic E-state index is 0.000351. The van der Waals surface area contributed by atoms with Crippen molar-refractivity contribution in [1.29, 1.82) is 0 Å². The van der Waals surface area contributed by atoms with E-state index in [1.165, 1.54) is 13.0 Å². The zero-order valence-corrected chi connectivity index (χ0v) is 10.4. The van der Waals surface area contributed by atoms with Crippen molar-refractivity contribution in [1.82, 2.24) is 10.2 Å². The number of anilines is 1. The SMILES string of the molecule is CC(=O)NC1CCN(Cc2ccc(N)c(F)c2)C1. The Hall–Kier alpha value is -1.62. The third-order valence-electron chi connectivity index (χ3n) is 3.15. The molecule has 1 saturated heterocycles. The molecule has 0 saturated carbocycles. The van der Waals surface area contributed by atoms with Gasteiger partial charge in [0.2, 0.25) is 5.91 Å². The summed E-state index contributed by atoms with van der Waals surface area (Å²) in [7, 11) is 0. The van der Waals surface area contributed by atoms with Crippen LogP contribution < -0.4 is 11.1 Å². The average molecular weight is 251 g/mol. The number of hydrogen-bond acceptors (Lipinski definition) is 3. The van der Waals surface area contributed by atoms with Gasteiger partial charge in [-0.05, 0) is 24.1 Å². The van der Waals surface area contributed by atoms with E-state index in [1.807, 2.05) is 6.07 Å². The molecule has 1 aromatic rings.